The lowest BCUT2D eigenvalue weighted by Gasteiger charge is -2.43. The Kier molecular flexibility index (Phi) is 6.42. The summed E-state index contributed by atoms with van der Waals surface area (Å²) in [7, 11) is 1.66. The molecule has 0 radical (unpaired) electrons. The van der Waals surface area contributed by atoms with E-state index in [4.69, 9.17) is 9.84 Å². The number of allylic oxidation sites excluding steroid dienone is 1. The molecule has 0 saturated carbocycles. The topological polar surface area (TPSA) is 63.6 Å². The number of ketones is 1. The predicted octanol–water partition coefficient (Wildman–Crippen LogP) is 7.31. The van der Waals surface area contributed by atoms with Crippen LogP contribution in [0.3, 0.4) is 0 Å². The first-order valence-electron chi connectivity index (χ1n) is 11.9. The second-order valence-electron chi connectivity index (χ2n) is 10.6. The Labute approximate surface area is 207 Å². The van der Waals surface area contributed by atoms with Crippen LogP contribution >= 0.6 is 0 Å². The molecule has 0 unspecified atom stereocenters. The molecule has 0 bridgehead atoms. The van der Waals surface area contributed by atoms with E-state index in [2.05, 4.69) is 45.9 Å². The van der Waals surface area contributed by atoms with Crippen LogP contribution in [0.2, 0.25) is 0 Å². The first-order chi connectivity index (χ1) is 16.5. The summed E-state index contributed by atoms with van der Waals surface area (Å²) in [4.78, 5) is 24.4. The highest BCUT2D eigenvalue weighted by molar-refractivity contribution is 6.08. The summed E-state index contributed by atoms with van der Waals surface area (Å²) >= 11 is 0. The van der Waals surface area contributed by atoms with E-state index in [1.54, 1.807) is 31.4 Å². The summed E-state index contributed by atoms with van der Waals surface area (Å²) in [5, 5.41) is 9.09. The second kappa shape index (κ2) is 9.18. The smallest absolute Gasteiger partial charge is 0.335 e. The SMILES string of the molecule is COc1ccc(-c2cc(C(=O)/C=C/c3ccc(C(=O)O)cc3)cc3c2C(C)(C)CCC3(C)C)cc1. The van der Waals surface area contributed by atoms with E-state index >= 15 is 0 Å². The molecule has 4 rings (SSSR count). The summed E-state index contributed by atoms with van der Waals surface area (Å²) in [6, 6.07) is 18.6. The maximum absolute atomic E-state index is 13.3. The van der Waals surface area contributed by atoms with E-state index in [9.17, 15) is 9.59 Å². The molecule has 0 saturated heterocycles. The second-order valence-corrected chi connectivity index (χ2v) is 10.6. The average molecular weight is 469 g/mol. The third-order valence-corrected chi connectivity index (χ3v) is 7.19. The van der Waals surface area contributed by atoms with Crippen LogP contribution in [0.4, 0.5) is 0 Å². The maximum atomic E-state index is 13.3. The number of hydrogen-bond acceptors (Lipinski definition) is 3. The largest absolute Gasteiger partial charge is 0.497 e. The molecule has 0 atom stereocenters. The molecule has 1 aliphatic carbocycles. The zero-order valence-corrected chi connectivity index (χ0v) is 21.0. The Balaban J connectivity index is 1.80. The molecule has 180 valence electrons. The number of ether oxygens (including phenoxy) is 1. The molecule has 0 amide bonds. The van der Waals surface area contributed by atoms with Gasteiger partial charge in [-0.25, -0.2) is 4.79 Å². The third-order valence-electron chi connectivity index (χ3n) is 7.19. The van der Waals surface area contributed by atoms with Gasteiger partial charge in [-0.15, -0.1) is 0 Å². The van der Waals surface area contributed by atoms with Gasteiger partial charge in [0.2, 0.25) is 0 Å². The normalized spacial score (nSPS) is 16.0. The van der Waals surface area contributed by atoms with Gasteiger partial charge in [-0.1, -0.05) is 58.0 Å². The number of fused-ring (bicyclic) bond motifs is 1. The molecule has 3 aromatic carbocycles. The summed E-state index contributed by atoms with van der Waals surface area (Å²) < 4.78 is 5.35. The lowest BCUT2D eigenvalue weighted by molar-refractivity contribution is 0.0696. The highest BCUT2D eigenvalue weighted by Crippen LogP contribution is 2.50. The van der Waals surface area contributed by atoms with Crippen molar-refractivity contribution >= 4 is 17.8 Å². The minimum absolute atomic E-state index is 0.0105. The van der Waals surface area contributed by atoms with Gasteiger partial charge in [0.15, 0.2) is 5.78 Å². The lowest BCUT2D eigenvalue weighted by atomic mass is 9.61. The number of methoxy groups -OCH3 is 1. The fourth-order valence-electron chi connectivity index (χ4n) is 4.94. The number of benzene rings is 3. The summed E-state index contributed by atoms with van der Waals surface area (Å²) in [5.41, 5.74) is 6.28. The number of carboxylic acid groups (broad SMARTS) is 1. The molecule has 1 N–H and O–H groups in total. The average Bonchev–Trinajstić information content (AvgIpc) is 2.85. The number of rotatable bonds is 6. The van der Waals surface area contributed by atoms with Gasteiger partial charge >= 0.3 is 5.97 Å². The predicted molar refractivity (Wildman–Crippen MR) is 140 cm³/mol. The highest BCUT2D eigenvalue weighted by Gasteiger charge is 2.39. The Hall–Kier alpha value is -3.66. The molecular formula is C31H32O4. The van der Waals surface area contributed by atoms with E-state index in [0.29, 0.717) is 5.56 Å². The quantitative estimate of drug-likeness (QED) is 0.304. The maximum Gasteiger partial charge on any atom is 0.335 e. The van der Waals surface area contributed by atoms with E-state index in [0.717, 1.165) is 35.3 Å². The van der Waals surface area contributed by atoms with Crippen LogP contribution in [0.15, 0.2) is 66.7 Å². The molecule has 3 aromatic rings. The van der Waals surface area contributed by atoms with E-state index in [1.165, 1.54) is 23.3 Å². The van der Waals surface area contributed by atoms with Crippen LogP contribution in [0, 0.1) is 0 Å². The van der Waals surface area contributed by atoms with Crippen LogP contribution < -0.4 is 4.74 Å². The van der Waals surface area contributed by atoms with Crippen molar-refractivity contribution in [2.75, 3.05) is 7.11 Å². The Bertz CT molecular complexity index is 1290. The Morgan fingerprint density at radius 2 is 1.49 bits per heavy atom. The van der Waals surface area contributed by atoms with Crippen molar-refractivity contribution in [3.05, 3.63) is 94.6 Å². The van der Waals surface area contributed by atoms with Gasteiger partial charge in [-0.2, -0.15) is 0 Å². The van der Waals surface area contributed by atoms with E-state index < -0.39 is 5.97 Å². The fourth-order valence-corrected chi connectivity index (χ4v) is 4.94. The van der Waals surface area contributed by atoms with Crippen molar-refractivity contribution in [3.63, 3.8) is 0 Å². The summed E-state index contributed by atoms with van der Waals surface area (Å²) in [5.74, 6) is -0.252. The monoisotopic (exact) mass is 468 g/mol. The van der Waals surface area contributed by atoms with E-state index in [-0.39, 0.29) is 22.2 Å². The summed E-state index contributed by atoms with van der Waals surface area (Å²) in [6.07, 6.45) is 5.43. The van der Waals surface area contributed by atoms with Crippen LogP contribution in [0.25, 0.3) is 17.2 Å². The van der Waals surface area contributed by atoms with Crippen molar-refractivity contribution in [3.8, 4) is 16.9 Å². The van der Waals surface area contributed by atoms with Gasteiger partial charge < -0.3 is 9.84 Å². The van der Waals surface area contributed by atoms with Crippen molar-refractivity contribution in [1.82, 2.24) is 0 Å². The molecule has 0 heterocycles. The van der Waals surface area contributed by atoms with Gasteiger partial charge in [-0.05, 0) is 94.0 Å². The molecule has 35 heavy (non-hydrogen) atoms. The number of aromatic carboxylic acids is 1. The zero-order chi connectivity index (χ0) is 25.4. The molecular weight excluding hydrogens is 436 g/mol. The van der Waals surface area contributed by atoms with Gasteiger partial charge in [0, 0.05) is 5.56 Å². The van der Waals surface area contributed by atoms with Gasteiger partial charge in [0.05, 0.1) is 12.7 Å². The standard InChI is InChI=1S/C31H32O4/c1-30(2)16-17-31(3,4)28-25(21-11-13-24(35-5)14-12-21)18-23(19-26(28)30)27(32)15-8-20-6-9-22(10-7-20)29(33)34/h6-15,18-19H,16-17H2,1-5H3,(H,33,34)/b15-8+. The molecule has 1 aliphatic rings. The fraction of sp³-hybridized carbons (Fsp3) is 0.290. The highest BCUT2D eigenvalue weighted by atomic mass is 16.5. The summed E-state index contributed by atoms with van der Waals surface area (Å²) in [6.45, 7) is 9.09. The molecule has 0 aliphatic heterocycles. The van der Waals surface area contributed by atoms with Crippen LogP contribution in [0.5, 0.6) is 5.75 Å². The van der Waals surface area contributed by atoms with Crippen molar-refractivity contribution < 1.29 is 19.4 Å². The van der Waals surface area contributed by atoms with Crippen LogP contribution in [-0.2, 0) is 10.8 Å². The van der Waals surface area contributed by atoms with Gasteiger partial charge in [-0.3, -0.25) is 4.79 Å². The van der Waals surface area contributed by atoms with Crippen molar-refractivity contribution in [2.45, 2.75) is 51.4 Å². The zero-order valence-electron chi connectivity index (χ0n) is 21.0. The minimum atomic E-state index is -0.970. The van der Waals surface area contributed by atoms with Crippen molar-refractivity contribution in [1.29, 1.82) is 0 Å². The number of hydrogen-bond donors (Lipinski definition) is 1. The van der Waals surface area contributed by atoms with Gasteiger partial charge in [0.25, 0.3) is 0 Å². The Morgan fingerprint density at radius 1 is 0.857 bits per heavy atom. The number of carbonyl (C=O) groups excluding carboxylic acids is 1. The first-order valence-corrected chi connectivity index (χ1v) is 11.9. The molecule has 4 nitrogen and oxygen atoms in total. The van der Waals surface area contributed by atoms with Crippen LogP contribution in [0.1, 0.15) is 77.9 Å². The van der Waals surface area contributed by atoms with Crippen molar-refractivity contribution in [2.24, 2.45) is 0 Å². The van der Waals surface area contributed by atoms with Gasteiger partial charge in [0.1, 0.15) is 5.75 Å². The van der Waals surface area contributed by atoms with E-state index in [1.807, 2.05) is 18.2 Å². The molecule has 0 aromatic heterocycles. The molecule has 0 spiro atoms. The van der Waals surface area contributed by atoms with Crippen LogP contribution in [-0.4, -0.2) is 24.0 Å². The number of carbonyl (C=O) groups is 2. The first kappa shape index (κ1) is 24.5. The third kappa shape index (κ3) is 4.93. The molecule has 0 fully saturated rings. The number of carboxylic acids is 1. The Morgan fingerprint density at radius 3 is 2.09 bits per heavy atom. The minimum Gasteiger partial charge on any atom is -0.497 e. The lowest BCUT2D eigenvalue weighted by Crippen LogP contribution is -2.34. The molecule has 4 heteroatoms.